The van der Waals surface area contributed by atoms with Crippen molar-refractivity contribution in [2.24, 2.45) is 0 Å². The summed E-state index contributed by atoms with van der Waals surface area (Å²) in [5.74, 6) is 0. The molecule has 0 aromatic rings. The van der Waals surface area contributed by atoms with E-state index in [1.807, 2.05) is 18.9 Å². The maximum Gasteiger partial charge on any atom is 0.184 e. The van der Waals surface area contributed by atoms with Crippen LogP contribution in [0.4, 0.5) is 0 Å². The number of hydrogen-bond donors (Lipinski definition) is 2. The van der Waals surface area contributed by atoms with E-state index in [0.717, 1.165) is 5.11 Å². The van der Waals surface area contributed by atoms with Gasteiger partial charge in [0.2, 0.25) is 0 Å². The lowest BCUT2D eigenvalue weighted by molar-refractivity contribution is 0.385. The Morgan fingerprint density at radius 3 is 2.50 bits per heavy atom. The van der Waals surface area contributed by atoms with Crippen LogP contribution in [0.2, 0.25) is 0 Å². The predicted molar refractivity (Wildman–Crippen MR) is 36.1 cm³/mol. The van der Waals surface area contributed by atoms with Crippen molar-refractivity contribution in [3.63, 3.8) is 0 Å². The van der Waals surface area contributed by atoms with Gasteiger partial charge in [0.25, 0.3) is 0 Å². The smallest absolute Gasteiger partial charge is 0.184 e. The van der Waals surface area contributed by atoms with Gasteiger partial charge >= 0.3 is 0 Å². The van der Waals surface area contributed by atoms with Gasteiger partial charge in [0.05, 0.1) is 6.17 Å². The normalized spacial score (nSPS) is 28.5. The van der Waals surface area contributed by atoms with Crippen LogP contribution < -0.4 is 10.9 Å². The highest BCUT2D eigenvalue weighted by Gasteiger charge is 2.17. The fraction of sp³-hybridized carbons (Fsp3) is 0.750. The molecule has 0 aromatic carbocycles. The van der Waals surface area contributed by atoms with Gasteiger partial charge < -0.3 is 4.90 Å². The maximum absolute atomic E-state index is 4.87. The minimum absolute atomic E-state index is 0.322. The molecule has 8 heavy (non-hydrogen) atoms. The molecule has 0 aliphatic carbocycles. The van der Waals surface area contributed by atoms with Crippen molar-refractivity contribution in [2.75, 3.05) is 7.05 Å². The average Bonchev–Trinajstić information content (AvgIpc) is 1.98. The second kappa shape index (κ2) is 1.87. The van der Waals surface area contributed by atoms with E-state index in [1.165, 1.54) is 0 Å². The van der Waals surface area contributed by atoms with E-state index in [-0.39, 0.29) is 0 Å². The Labute approximate surface area is 54.0 Å². The number of hydrazine groups is 1. The number of thiocarbonyl (C=S) groups is 1. The van der Waals surface area contributed by atoms with E-state index >= 15 is 0 Å². The van der Waals surface area contributed by atoms with E-state index in [4.69, 9.17) is 12.2 Å². The van der Waals surface area contributed by atoms with Crippen LogP contribution in [-0.2, 0) is 0 Å². The van der Waals surface area contributed by atoms with Crippen LogP contribution in [0.5, 0.6) is 0 Å². The SMILES string of the molecule is CC1NNC(=S)N1C. The third-order valence-corrected chi connectivity index (χ3v) is 1.68. The third kappa shape index (κ3) is 0.763. The monoisotopic (exact) mass is 131 g/mol. The van der Waals surface area contributed by atoms with E-state index in [1.54, 1.807) is 0 Å². The predicted octanol–water partition coefficient (Wildman–Crippen LogP) is -0.343. The van der Waals surface area contributed by atoms with E-state index in [0.29, 0.717) is 6.17 Å². The highest BCUT2D eigenvalue weighted by molar-refractivity contribution is 7.80. The summed E-state index contributed by atoms with van der Waals surface area (Å²) in [4.78, 5) is 1.95. The third-order valence-electron chi connectivity index (χ3n) is 1.29. The Kier molecular flexibility index (Phi) is 1.35. The van der Waals surface area contributed by atoms with Crippen molar-refractivity contribution in [1.29, 1.82) is 0 Å². The molecule has 0 aromatic heterocycles. The molecule has 1 fully saturated rings. The van der Waals surface area contributed by atoms with Crippen molar-refractivity contribution in [3.05, 3.63) is 0 Å². The molecule has 3 nitrogen and oxygen atoms in total. The zero-order valence-electron chi connectivity index (χ0n) is 4.93. The van der Waals surface area contributed by atoms with Gasteiger partial charge in [-0.3, -0.25) is 5.43 Å². The summed E-state index contributed by atoms with van der Waals surface area (Å²) in [5.41, 5.74) is 5.78. The van der Waals surface area contributed by atoms with Gasteiger partial charge in [-0.15, -0.1) is 0 Å². The van der Waals surface area contributed by atoms with E-state index in [9.17, 15) is 0 Å². The highest BCUT2D eigenvalue weighted by atomic mass is 32.1. The number of nitrogens with one attached hydrogen (secondary N) is 2. The van der Waals surface area contributed by atoms with Crippen LogP contribution in [0.25, 0.3) is 0 Å². The molecule has 0 amide bonds. The minimum Gasteiger partial charge on any atom is -0.334 e. The molecular formula is C4H9N3S. The van der Waals surface area contributed by atoms with Gasteiger partial charge in [-0.25, -0.2) is 5.43 Å². The first-order valence-corrected chi connectivity index (χ1v) is 2.91. The maximum atomic E-state index is 4.87. The summed E-state index contributed by atoms with van der Waals surface area (Å²) in [6, 6.07) is 0. The average molecular weight is 131 g/mol. The van der Waals surface area contributed by atoms with Crippen molar-refractivity contribution in [2.45, 2.75) is 13.1 Å². The van der Waals surface area contributed by atoms with Crippen LogP contribution in [0, 0.1) is 0 Å². The molecule has 1 aliphatic heterocycles. The van der Waals surface area contributed by atoms with Gasteiger partial charge in [0.1, 0.15) is 0 Å². The second-order valence-corrected chi connectivity index (χ2v) is 2.25. The Morgan fingerprint density at radius 2 is 2.38 bits per heavy atom. The zero-order valence-corrected chi connectivity index (χ0v) is 5.75. The molecule has 1 atom stereocenters. The van der Waals surface area contributed by atoms with Crippen LogP contribution in [0.3, 0.4) is 0 Å². The number of nitrogens with zero attached hydrogens (tertiary/aromatic N) is 1. The zero-order chi connectivity index (χ0) is 6.15. The first-order chi connectivity index (χ1) is 3.72. The topological polar surface area (TPSA) is 27.3 Å². The molecule has 1 unspecified atom stereocenters. The number of hydrogen-bond acceptors (Lipinski definition) is 2. The van der Waals surface area contributed by atoms with E-state index in [2.05, 4.69) is 10.9 Å². The van der Waals surface area contributed by atoms with Crippen LogP contribution in [0.1, 0.15) is 6.92 Å². The Hall–Kier alpha value is -0.350. The molecule has 0 spiro atoms. The van der Waals surface area contributed by atoms with Crippen molar-refractivity contribution >= 4 is 17.3 Å². The lowest BCUT2D eigenvalue weighted by Crippen LogP contribution is -2.31. The molecule has 4 heteroatoms. The molecule has 1 rings (SSSR count). The number of rotatable bonds is 0. The van der Waals surface area contributed by atoms with E-state index < -0.39 is 0 Å². The first kappa shape index (κ1) is 5.78. The summed E-state index contributed by atoms with van der Waals surface area (Å²) in [6.07, 6.45) is 0.322. The van der Waals surface area contributed by atoms with Gasteiger partial charge in [0.15, 0.2) is 5.11 Å². The molecular weight excluding hydrogens is 122 g/mol. The minimum atomic E-state index is 0.322. The van der Waals surface area contributed by atoms with Crippen molar-refractivity contribution < 1.29 is 0 Å². The van der Waals surface area contributed by atoms with Gasteiger partial charge in [-0.2, -0.15) is 0 Å². The fourth-order valence-electron chi connectivity index (χ4n) is 0.527. The molecule has 2 N–H and O–H groups in total. The quantitative estimate of drug-likeness (QED) is 0.440. The van der Waals surface area contributed by atoms with Gasteiger partial charge in [-0.05, 0) is 19.1 Å². The van der Waals surface area contributed by atoms with Crippen LogP contribution in [-0.4, -0.2) is 23.2 Å². The highest BCUT2D eigenvalue weighted by Crippen LogP contribution is 1.95. The lowest BCUT2D eigenvalue weighted by atomic mass is 10.6. The summed E-state index contributed by atoms with van der Waals surface area (Å²) >= 11 is 4.87. The second-order valence-electron chi connectivity index (χ2n) is 1.86. The standard InChI is InChI=1S/C4H9N3S/c1-3-5-6-4(8)7(3)2/h3,5H,1-2H3,(H,6,8). The molecule has 46 valence electrons. The van der Waals surface area contributed by atoms with Gasteiger partial charge in [0, 0.05) is 7.05 Å². The molecule has 1 aliphatic rings. The summed E-state index contributed by atoms with van der Waals surface area (Å²) in [5, 5.41) is 0.762. The van der Waals surface area contributed by atoms with Crippen molar-refractivity contribution in [3.8, 4) is 0 Å². The Balaban J connectivity index is 2.56. The van der Waals surface area contributed by atoms with Gasteiger partial charge in [-0.1, -0.05) is 0 Å². The first-order valence-electron chi connectivity index (χ1n) is 2.50. The van der Waals surface area contributed by atoms with Crippen molar-refractivity contribution in [1.82, 2.24) is 15.8 Å². The summed E-state index contributed by atoms with van der Waals surface area (Å²) < 4.78 is 0. The lowest BCUT2D eigenvalue weighted by Gasteiger charge is -2.12. The fourth-order valence-corrected chi connectivity index (χ4v) is 0.744. The summed E-state index contributed by atoms with van der Waals surface area (Å²) in [7, 11) is 1.94. The molecule has 0 radical (unpaired) electrons. The molecule has 0 saturated carbocycles. The molecule has 1 saturated heterocycles. The Bertz CT molecular complexity index is 114. The Morgan fingerprint density at radius 1 is 1.75 bits per heavy atom. The molecule has 1 heterocycles. The van der Waals surface area contributed by atoms with Crippen LogP contribution >= 0.6 is 12.2 Å². The largest absolute Gasteiger partial charge is 0.334 e. The van der Waals surface area contributed by atoms with Crippen LogP contribution in [0.15, 0.2) is 0 Å². The summed E-state index contributed by atoms with van der Waals surface area (Å²) in [6.45, 7) is 2.03. The molecule has 0 bridgehead atoms.